The summed E-state index contributed by atoms with van der Waals surface area (Å²) >= 11 is 0. The van der Waals surface area contributed by atoms with Crippen LogP contribution in [-0.4, -0.2) is 63.9 Å². The molecule has 12 heteroatoms. The van der Waals surface area contributed by atoms with Gasteiger partial charge in [0.2, 0.25) is 23.6 Å². The second-order valence-electron chi connectivity index (χ2n) is 10.3. The van der Waals surface area contributed by atoms with E-state index in [4.69, 9.17) is 5.73 Å². The first kappa shape index (κ1) is 31.3. The quantitative estimate of drug-likeness (QED) is 0.194. The van der Waals surface area contributed by atoms with Gasteiger partial charge >= 0.3 is 11.9 Å². The Morgan fingerprint density at radius 2 is 1.41 bits per heavy atom. The fraction of sp³-hybridized carbons (Fsp3) is 0.556. The van der Waals surface area contributed by atoms with Gasteiger partial charge in [0.15, 0.2) is 0 Å². The molecule has 0 aliphatic heterocycles. The molecule has 5 atom stereocenters. The van der Waals surface area contributed by atoms with E-state index in [2.05, 4.69) is 16.0 Å². The molecule has 0 unspecified atom stereocenters. The number of amides is 4. The number of benzene rings is 1. The van der Waals surface area contributed by atoms with E-state index in [0.29, 0.717) is 31.2 Å². The Morgan fingerprint density at radius 3 is 1.95 bits per heavy atom. The van der Waals surface area contributed by atoms with Crippen LogP contribution in [0, 0.1) is 17.8 Å². The van der Waals surface area contributed by atoms with Gasteiger partial charge < -0.3 is 31.9 Å². The molecular formula is C27H38N4O8. The Kier molecular flexibility index (Phi) is 11.9. The maximum absolute atomic E-state index is 13.4. The van der Waals surface area contributed by atoms with Crippen LogP contribution in [0.15, 0.2) is 30.3 Å². The summed E-state index contributed by atoms with van der Waals surface area (Å²) in [7, 11) is 0. The molecule has 1 saturated carbocycles. The molecule has 0 bridgehead atoms. The molecule has 1 fully saturated rings. The number of carboxylic acid groups (broad SMARTS) is 2. The normalized spacial score (nSPS) is 19.3. The van der Waals surface area contributed by atoms with Gasteiger partial charge in [-0.25, -0.2) is 0 Å². The van der Waals surface area contributed by atoms with E-state index in [1.54, 1.807) is 30.3 Å². The first-order valence-corrected chi connectivity index (χ1v) is 13.1. The van der Waals surface area contributed by atoms with Crippen molar-refractivity contribution in [2.75, 3.05) is 0 Å². The lowest BCUT2D eigenvalue weighted by Crippen LogP contribution is -2.58. The summed E-state index contributed by atoms with van der Waals surface area (Å²) in [5, 5.41) is 26.4. The molecule has 12 nitrogen and oxygen atoms in total. The predicted molar refractivity (Wildman–Crippen MR) is 140 cm³/mol. The van der Waals surface area contributed by atoms with Crippen molar-refractivity contribution in [2.45, 2.75) is 76.9 Å². The summed E-state index contributed by atoms with van der Waals surface area (Å²) in [6.45, 7) is 3.63. The molecule has 0 saturated heterocycles. The Labute approximate surface area is 227 Å². The van der Waals surface area contributed by atoms with Crippen LogP contribution in [0.25, 0.3) is 0 Å². The first-order chi connectivity index (χ1) is 18.4. The largest absolute Gasteiger partial charge is 0.481 e. The number of carbonyl (C=O) groups excluding carboxylic acids is 4. The molecule has 2 rings (SSSR count). The monoisotopic (exact) mass is 546 g/mol. The van der Waals surface area contributed by atoms with Crippen LogP contribution < -0.4 is 21.7 Å². The van der Waals surface area contributed by atoms with Crippen molar-refractivity contribution >= 4 is 35.6 Å². The van der Waals surface area contributed by atoms with Crippen molar-refractivity contribution in [1.82, 2.24) is 16.0 Å². The van der Waals surface area contributed by atoms with Crippen molar-refractivity contribution in [3.63, 3.8) is 0 Å². The maximum atomic E-state index is 13.4. The first-order valence-electron chi connectivity index (χ1n) is 13.1. The highest BCUT2D eigenvalue weighted by molar-refractivity contribution is 5.96. The molecule has 1 aliphatic rings. The van der Waals surface area contributed by atoms with Crippen molar-refractivity contribution in [3.05, 3.63) is 35.9 Å². The Bertz CT molecular complexity index is 1050. The van der Waals surface area contributed by atoms with E-state index in [9.17, 15) is 39.0 Å². The highest BCUT2D eigenvalue weighted by Crippen LogP contribution is 2.30. The molecule has 1 aromatic rings. The minimum Gasteiger partial charge on any atom is -0.481 e. The summed E-state index contributed by atoms with van der Waals surface area (Å²) in [4.78, 5) is 74.5. The van der Waals surface area contributed by atoms with E-state index in [0.717, 1.165) is 0 Å². The lowest BCUT2D eigenvalue weighted by atomic mass is 9.78. The number of primary amides is 1. The van der Waals surface area contributed by atoms with Gasteiger partial charge in [-0.2, -0.15) is 0 Å². The number of carboxylic acids is 2. The van der Waals surface area contributed by atoms with Gasteiger partial charge in [-0.05, 0) is 30.7 Å². The lowest BCUT2D eigenvalue weighted by Gasteiger charge is -2.30. The van der Waals surface area contributed by atoms with E-state index >= 15 is 0 Å². The summed E-state index contributed by atoms with van der Waals surface area (Å²) in [6.07, 6.45) is 1.52. The van der Waals surface area contributed by atoms with Gasteiger partial charge in [0.1, 0.15) is 18.1 Å². The highest BCUT2D eigenvalue weighted by atomic mass is 16.4. The maximum Gasteiger partial charge on any atom is 0.307 e. The molecule has 214 valence electrons. The number of rotatable bonds is 14. The third kappa shape index (κ3) is 10.0. The minimum absolute atomic E-state index is 0.00445. The molecule has 7 N–H and O–H groups in total. The molecule has 0 heterocycles. The fourth-order valence-electron chi connectivity index (χ4n) is 4.72. The van der Waals surface area contributed by atoms with Crippen molar-refractivity contribution < 1.29 is 39.0 Å². The Morgan fingerprint density at radius 1 is 0.846 bits per heavy atom. The average Bonchev–Trinajstić information content (AvgIpc) is 2.87. The zero-order valence-electron chi connectivity index (χ0n) is 22.2. The number of nitrogens with two attached hydrogens (primary N) is 1. The van der Waals surface area contributed by atoms with Gasteiger partial charge in [-0.15, -0.1) is 0 Å². The van der Waals surface area contributed by atoms with Crippen LogP contribution in [0.4, 0.5) is 0 Å². The minimum atomic E-state index is -1.55. The average molecular weight is 547 g/mol. The number of aliphatic carboxylic acids is 2. The van der Waals surface area contributed by atoms with Crippen LogP contribution in [0.3, 0.4) is 0 Å². The van der Waals surface area contributed by atoms with Crippen LogP contribution in [0.5, 0.6) is 0 Å². The van der Waals surface area contributed by atoms with E-state index in [1.807, 2.05) is 13.8 Å². The van der Waals surface area contributed by atoms with Gasteiger partial charge in [-0.1, -0.05) is 57.0 Å². The molecule has 39 heavy (non-hydrogen) atoms. The summed E-state index contributed by atoms with van der Waals surface area (Å²) in [6, 6.07) is 4.89. The second-order valence-corrected chi connectivity index (χ2v) is 10.3. The molecule has 1 aliphatic carbocycles. The molecule has 0 aromatic heterocycles. The summed E-state index contributed by atoms with van der Waals surface area (Å²) < 4.78 is 0. The smallest absolute Gasteiger partial charge is 0.307 e. The number of nitrogens with one attached hydrogen (secondary N) is 3. The van der Waals surface area contributed by atoms with Crippen LogP contribution in [-0.2, 0) is 35.2 Å². The number of hydrogen-bond donors (Lipinski definition) is 6. The lowest BCUT2D eigenvalue weighted by molar-refractivity contribution is -0.149. The second kappa shape index (κ2) is 14.8. The van der Waals surface area contributed by atoms with Gasteiger partial charge in [0.25, 0.3) is 0 Å². The molecule has 0 radical (unpaired) electrons. The van der Waals surface area contributed by atoms with Crippen LogP contribution in [0.1, 0.15) is 57.9 Å². The van der Waals surface area contributed by atoms with Crippen molar-refractivity contribution in [2.24, 2.45) is 23.5 Å². The highest BCUT2D eigenvalue weighted by Gasteiger charge is 2.38. The van der Waals surface area contributed by atoms with E-state index in [1.165, 1.54) is 0 Å². The van der Waals surface area contributed by atoms with Crippen molar-refractivity contribution in [1.29, 1.82) is 0 Å². The van der Waals surface area contributed by atoms with Gasteiger partial charge in [0.05, 0.1) is 18.3 Å². The third-order valence-electron chi connectivity index (χ3n) is 6.71. The zero-order valence-corrected chi connectivity index (χ0v) is 22.2. The molecule has 1 aromatic carbocycles. The van der Waals surface area contributed by atoms with E-state index in [-0.39, 0.29) is 18.8 Å². The van der Waals surface area contributed by atoms with Crippen LogP contribution >= 0.6 is 0 Å². The number of hydrogen-bond acceptors (Lipinski definition) is 6. The molecular weight excluding hydrogens is 508 g/mol. The SMILES string of the molecule is CC(C)C[C@H](NC(=O)[C@H](CC(=O)O)NC(=O)[C@H](Cc1ccccc1)NC(=O)[C@@H]1CCCC[C@H]1C(=O)O)C(N)=O. The Hall–Kier alpha value is -3.96. The summed E-state index contributed by atoms with van der Waals surface area (Å²) in [5.41, 5.74) is 6.06. The topological polar surface area (TPSA) is 205 Å². The van der Waals surface area contributed by atoms with Crippen LogP contribution in [0.2, 0.25) is 0 Å². The van der Waals surface area contributed by atoms with Gasteiger partial charge in [-0.3, -0.25) is 28.8 Å². The standard InChI is InChI=1S/C27H38N4O8/c1-15(2)12-19(23(28)34)29-26(37)21(14-22(32)33)31-25(36)20(13-16-8-4-3-5-9-16)30-24(35)17-10-6-7-11-18(17)27(38)39/h3-5,8-9,15,17-21H,6-7,10-14H2,1-2H3,(H2,28,34)(H,29,37)(H,30,35)(H,31,36)(H,32,33)(H,38,39)/t17-,18-,19+,20+,21+/m1/s1. The number of carbonyl (C=O) groups is 6. The molecule has 0 spiro atoms. The summed E-state index contributed by atoms with van der Waals surface area (Å²) in [5.74, 6) is -7.28. The Balaban J connectivity index is 2.26. The predicted octanol–water partition coefficient (Wildman–Crippen LogP) is 0.581. The van der Waals surface area contributed by atoms with Gasteiger partial charge in [0, 0.05) is 6.42 Å². The zero-order chi connectivity index (χ0) is 29.1. The van der Waals surface area contributed by atoms with E-state index < -0.39 is 71.9 Å². The fourth-order valence-corrected chi connectivity index (χ4v) is 4.72. The molecule has 4 amide bonds. The van der Waals surface area contributed by atoms with Crippen molar-refractivity contribution in [3.8, 4) is 0 Å². The third-order valence-corrected chi connectivity index (χ3v) is 6.71.